The lowest BCUT2D eigenvalue weighted by atomic mass is 9.69. The lowest BCUT2D eigenvalue weighted by molar-refractivity contribution is -0.154. The van der Waals surface area contributed by atoms with Gasteiger partial charge in [0.05, 0.1) is 7.11 Å². The molecule has 0 unspecified atom stereocenters. The van der Waals surface area contributed by atoms with E-state index in [0.29, 0.717) is 5.92 Å². The molecule has 0 aromatic rings. The molecule has 1 rings (SSSR count). The van der Waals surface area contributed by atoms with Gasteiger partial charge in [-0.3, -0.25) is 4.79 Å². The molecule has 1 aliphatic carbocycles. The normalized spacial score (nSPS) is 36.1. The van der Waals surface area contributed by atoms with Gasteiger partial charge in [0.1, 0.15) is 5.54 Å². The van der Waals surface area contributed by atoms with Gasteiger partial charge in [0, 0.05) is 0 Å². The average Bonchev–Trinajstić information content (AvgIpc) is 1.96. The lowest BCUT2D eigenvalue weighted by Crippen LogP contribution is -2.59. The Kier molecular flexibility index (Phi) is 2.18. The topological polar surface area (TPSA) is 38.3 Å². The summed E-state index contributed by atoms with van der Waals surface area (Å²) in [4.78, 5) is 11.2. The maximum atomic E-state index is 11.2. The van der Waals surface area contributed by atoms with E-state index in [1.807, 2.05) is 7.05 Å². The Morgan fingerprint density at radius 3 is 2.45 bits per heavy atom. The summed E-state index contributed by atoms with van der Waals surface area (Å²) in [6, 6.07) is 0. The fraction of sp³-hybridized carbons (Fsp3) is 0.875. The van der Waals surface area contributed by atoms with Crippen LogP contribution in [0.1, 0.15) is 19.8 Å². The largest absolute Gasteiger partial charge is 0.468 e. The molecule has 1 saturated carbocycles. The maximum absolute atomic E-state index is 11.2. The zero-order chi connectivity index (χ0) is 8.48. The number of rotatable bonds is 2. The summed E-state index contributed by atoms with van der Waals surface area (Å²) in [5.74, 6) is 0.514. The number of nitrogens with one attached hydrogen (secondary N) is 1. The van der Waals surface area contributed by atoms with Gasteiger partial charge in [0.15, 0.2) is 0 Å². The number of likely N-dealkylation sites (N-methyl/N-ethyl adjacent to an activating group) is 1. The van der Waals surface area contributed by atoms with Crippen molar-refractivity contribution in [2.24, 2.45) is 5.92 Å². The van der Waals surface area contributed by atoms with Crippen molar-refractivity contribution in [2.45, 2.75) is 25.3 Å². The Balaban J connectivity index is 2.57. The van der Waals surface area contributed by atoms with Gasteiger partial charge in [-0.1, -0.05) is 6.92 Å². The Labute approximate surface area is 67.1 Å². The predicted octanol–water partition coefficient (Wildman–Crippen LogP) is 0.547. The number of carbonyl (C=O) groups is 1. The molecule has 0 atom stereocenters. The van der Waals surface area contributed by atoms with E-state index >= 15 is 0 Å². The zero-order valence-corrected chi connectivity index (χ0v) is 7.31. The summed E-state index contributed by atoms with van der Waals surface area (Å²) < 4.78 is 4.70. The number of methoxy groups -OCH3 is 1. The van der Waals surface area contributed by atoms with E-state index in [1.54, 1.807) is 0 Å². The highest BCUT2D eigenvalue weighted by Crippen LogP contribution is 2.37. The van der Waals surface area contributed by atoms with E-state index < -0.39 is 0 Å². The van der Waals surface area contributed by atoms with Crippen LogP contribution in [-0.4, -0.2) is 25.7 Å². The van der Waals surface area contributed by atoms with E-state index in [-0.39, 0.29) is 11.5 Å². The molecule has 1 fully saturated rings. The zero-order valence-electron chi connectivity index (χ0n) is 7.31. The van der Waals surface area contributed by atoms with Crippen LogP contribution in [0, 0.1) is 5.92 Å². The molecule has 64 valence electrons. The second-order valence-electron chi connectivity index (χ2n) is 3.34. The van der Waals surface area contributed by atoms with Gasteiger partial charge in [0.2, 0.25) is 0 Å². The van der Waals surface area contributed by atoms with Crippen molar-refractivity contribution < 1.29 is 9.53 Å². The van der Waals surface area contributed by atoms with Gasteiger partial charge in [0.25, 0.3) is 0 Å². The number of hydrogen-bond donors (Lipinski definition) is 1. The maximum Gasteiger partial charge on any atom is 0.326 e. The summed E-state index contributed by atoms with van der Waals surface area (Å²) in [6.45, 7) is 2.14. The molecular weight excluding hydrogens is 142 g/mol. The van der Waals surface area contributed by atoms with Crippen LogP contribution in [0.15, 0.2) is 0 Å². The van der Waals surface area contributed by atoms with Gasteiger partial charge in [-0.2, -0.15) is 0 Å². The van der Waals surface area contributed by atoms with Crippen molar-refractivity contribution in [3.8, 4) is 0 Å². The van der Waals surface area contributed by atoms with Crippen molar-refractivity contribution in [2.75, 3.05) is 14.2 Å². The minimum atomic E-state index is -0.367. The molecule has 0 heterocycles. The quantitative estimate of drug-likeness (QED) is 0.595. The second-order valence-corrected chi connectivity index (χ2v) is 3.34. The molecule has 0 spiro atoms. The smallest absolute Gasteiger partial charge is 0.326 e. The molecular formula is C8H15NO2. The number of carbonyl (C=O) groups excluding carboxylic acids is 1. The van der Waals surface area contributed by atoms with Crippen molar-refractivity contribution in [1.82, 2.24) is 5.32 Å². The van der Waals surface area contributed by atoms with E-state index in [1.165, 1.54) is 7.11 Å². The van der Waals surface area contributed by atoms with Crippen molar-refractivity contribution in [1.29, 1.82) is 0 Å². The van der Waals surface area contributed by atoms with E-state index in [2.05, 4.69) is 12.2 Å². The highest BCUT2D eigenvalue weighted by molar-refractivity contribution is 5.82. The molecule has 0 aromatic heterocycles. The molecule has 1 N–H and O–H groups in total. The van der Waals surface area contributed by atoms with Gasteiger partial charge < -0.3 is 10.1 Å². The Morgan fingerprint density at radius 2 is 2.18 bits per heavy atom. The Morgan fingerprint density at radius 1 is 1.64 bits per heavy atom. The summed E-state index contributed by atoms with van der Waals surface area (Å²) in [7, 11) is 3.24. The number of ether oxygens (including phenoxy) is 1. The first kappa shape index (κ1) is 8.53. The van der Waals surface area contributed by atoms with Crippen LogP contribution in [-0.2, 0) is 9.53 Å². The standard InChI is InChI=1S/C8H15NO2/c1-6-4-8(5-6,9-2)7(10)11-3/h6,9H,4-5H2,1-3H3. The first-order valence-corrected chi connectivity index (χ1v) is 3.92. The summed E-state index contributed by atoms with van der Waals surface area (Å²) in [5.41, 5.74) is -0.367. The van der Waals surface area contributed by atoms with Gasteiger partial charge in [-0.25, -0.2) is 0 Å². The average molecular weight is 157 g/mol. The van der Waals surface area contributed by atoms with E-state index in [0.717, 1.165) is 12.8 Å². The van der Waals surface area contributed by atoms with E-state index in [4.69, 9.17) is 4.74 Å². The Hall–Kier alpha value is -0.570. The fourth-order valence-corrected chi connectivity index (χ4v) is 1.80. The highest BCUT2D eigenvalue weighted by atomic mass is 16.5. The molecule has 3 nitrogen and oxygen atoms in total. The third-order valence-electron chi connectivity index (χ3n) is 2.45. The summed E-state index contributed by atoms with van der Waals surface area (Å²) >= 11 is 0. The number of hydrogen-bond acceptors (Lipinski definition) is 3. The monoisotopic (exact) mass is 157 g/mol. The first-order valence-electron chi connectivity index (χ1n) is 3.92. The van der Waals surface area contributed by atoms with Gasteiger partial charge in [-0.15, -0.1) is 0 Å². The molecule has 11 heavy (non-hydrogen) atoms. The molecule has 0 saturated heterocycles. The van der Waals surface area contributed by atoms with Crippen molar-refractivity contribution in [3.05, 3.63) is 0 Å². The molecule has 0 radical (unpaired) electrons. The van der Waals surface area contributed by atoms with E-state index in [9.17, 15) is 4.79 Å². The third kappa shape index (κ3) is 1.25. The summed E-state index contributed by atoms with van der Waals surface area (Å²) in [5, 5.41) is 3.02. The van der Waals surface area contributed by atoms with Crippen LogP contribution >= 0.6 is 0 Å². The Bertz CT molecular complexity index is 161. The van der Waals surface area contributed by atoms with Crippen LogP contribution in [0.25, 0.3) is 0 Å². The van der Waals surface area contributed by atoms with Crippen LogP contribution in [0.4, 0.5) is 0 Å². The lowest BCUT2D eigenvalue weighted by Gasteiger charge is -2.43. The van der Waals surface area contributed by atoms with Crippen LogP contribution < -0.4 is 5.32 Å². The third-order valence-corrected chi connectivity index (χ3v) is 2.45. The van der Waals surface area contributed by atoms with Crippen LogP contribution in [0.2, 0.25) is 0 Å². The number of esters is 1. The van der Waals surface area contributed by atoms with Gasteiger partial charge in [-0.05, 0) is 25.8 Å². The minimum absolute atomic E-state index is 0.127. The molecule has 0 aliphatic heterocycles. The summed E-state index contributed by atoms with van der Waals surface area (Å²) in [6.07, 6.45) is 1.80. The molecule has 1 aliphatic rings. The SMILES string of the molecule is CNC1(C(=O)OC)CC(C)C1. The second kappa shape index (κ2) is 2.81. The predicted molar refractivity (Wildman–Crippen MR) is 42.2 cm³/mol. The van der Waals surface area contributed by atoms with Crippen LogP contribution in [0.3, 0.4) is 0 Å². The van der Waals surface area contributed by atoms with Gasteiger partial charge >= 0.3 is 5.97 Å². The fourth-order valence-electron chi connectivity index (χ4n) is 1.80. The van der Waals surface area contributed by atoms with Crippen molar-refractivity contribution in [3.63, 3.8) is 0 Å². The molecule has 0 aromatic carbocycles. The molecule has 0 amide bonds. The highest BCUT2D eigenvalue weighted by Gasteiger charge is 2.48. The van der Waals surface area contributed by atoms with Crippen LogP contribution in [0.5, 0.6) is 0 Å². The first-order chi connectivity index (χ1) is 5.14. The molecule has 3 heteroatoms. The van der Waals surface area contributed by atoms with Crippen molar-refractivity contribution >= 4 is 5.97 Å². The minimum Gasteiger partial charge on any atom is -0.468 e. The molecule has 0 bridgehead atoms.